The molecule has 212 valence electrons. The lowest BCUT2D eigenvalue weighted by Gasteiger charge is -2.27. The highest BCUT2D eigenvalue weighted by molar-refractivity contribution is 6.04. The Morgan fingerprint density at radius 3 is 2.62 bits per heavy atom. The fourth-order valence-corrected chi connectivity index (χ4v) is 4.42. The predicted molar refractivity (Wildman–Crippen MR) is 157 cm³/mol. The first-order valence-electron chi connectivity index (χ1n) is 13.7. The van der Waals surface area contributed by atoms with Crippen molar-refractivity contribution in [3.8, 4) is 5.75 Å². The monoisotopic (exact) mass is 546 g/mol. The highest BCUT2D eigenvalue weighted by Gasteiger charge is 2.17. The van der Waals surface area contributed by atoms with E-state index >= 15 is 0 Å². The van der Waals surface area contributed by atoms with Gasteiger partial charge in [-0.05, 0) is 62.2 Å². The molecule has 1 saturated heterocycles. The van der Waals surface area contributed by atoms with E-state index in [4.69, 9.17) is 15.2 Å². The molecule has 10 nitrogen and oxygen atoms in total. The zero-order chi connectivity index (χ0) is 28.2. The van der Waals surface area contributed by atoms with Crippen LogP contribution in [0.1, 0.15) is 35.8 Å². The van der Waals surface area contributed by atoms with Crippen LogP contribution in [0.25, 0.3) is 0 Å². The van der Waals surface area contributed by atoms with Gasteiger partial charge in [0.25, 0.3) is 5.91 Å². The Hall–Kier alpha value is -4.15. The summed E-state index contributed by atoms with van der Waals surface area (Å²) in [5, 5.41) is 5.78. The molecule has 1 aliphatic heterocycles. The van der Waals surface area contributed by atoms with Crippen molar-refractivity contribution in [2.45, 2.75) is 26.3 Å². The average Bonchev–Trinajstić information content (AvgIpc) is 2.97. The molecule has 1 aliphatic rings. The lowest BCUT2D eigenvalue weighted by atomic mass is 10.2. The molecule has 1 fully saturated rings. The van der Waals surface area contributed by atoms with E-state index in [2.05, 4.69) is 20.5 Å². The minimum absolute atomic E-state index is 0.207. The fraction of sp³-hybridized carbons (Fsp3) is 0.367. The molecule has 3 amide bonds. The summed E-state index contributed by atoms with van der Waals surface area (Å²) in [6.45, 7) is 7.82. The van der Waals surface area contributed by atoms with Crippen molar-refractivity contribution < 1.29 is 19.1 Å². The Bertz CT molecular complexity index is 1250. The molecule has 0 atom stereocenters. The Kier molecular flexibility index (Phi) is 10.7. The number of amides is 3. The van der Waals surface area contributed by atoms with E-state index in [0.29, 0.717) is 42.5 Å². The van der Waals surface area contributed by atoms with Crippen LogP contribution in [0.5, 0.6) is 5.75 Å². The highest BCUT2D eigenvalue weighted by atomic mass is 16.5. The molecular formula is C30H38N6O4. The number of aromatic nitrogens is 1. The molecule has 3 aromatic rings. The smallest absolute Gasteiger partial charge is 0.322 e. The number of benzene rings is 2. The van der Waals surface area contributed by atoms with Gasteiger partial charge < -0.3 is 30.7 Å². The van der Waals surface area contributed by atoms with Gasteiger partial charge in [0.1, 0.15) is 11.4 Å². The van der Waals surface area contributed by atoms with Crippen LogP contribution in [-0.2, 0) is 11.3 Å². The van der Waals surface area contributed by atoms with Gasteiger partial charge in [-0.25, -0.2) is 4.79 Å². The van der Waals surface area contributed by atoms with Gasteiger partial charge in [-0.2, -0.15) is 0 Å². The molecule has 0 saturated carbocycles. The second kappa shape index (κ2) is 14.9. The number of hydrogen-bond donors (Lipinski definition) is 3. The van der Waals surface area contributed by atoms with E-state index in [1.165, 1.54) is 0 Å². The lowest BCUT2D eigenvalue weighted by Crippen LogP contribution is -2.38. The van der Waals surface area contributed by atoms with Gasteiger partial charge in [0, 0.05) is 44.1 Å². The average molecular weight is 547 g/mol. The first-order chi connectivity index (χ1) is 19.5. The third-order valence-corrected chi connectivity index (χ3v) is 6.58. The fourth-order valence-electron chi connectivity index (χ4n) is 4.42. The normalized spacial score (nSPS) is 13.4. The summed E-state index contributed by atoms with van der Waals surface area (Å²) in [6, 6.07) is 17.7. The lowest BCUT2D eigenvalue weighted by molar-refractivity contribution is 0.0370. The Morgan fingerprint density at radius 2 is 1.88 bits per heavy atom. The number of carbonyl (C=O) groups excluding carboxylic acids is 2. The zero-order valence-electron chi connectivity index (χ0n) is 23.0. The number of nitrogens with one attached hydrogen (secondary N) is 2. The number of nitrogens with zero attached hydrogens (tertiary/aromatic N) is 3. The third kappa shape index (κ3) is 8.69. The second-order valence-electron chi connectivity index (χ2n) is 9.57. The van der Waals surface area contributed by atoms with Crippen LogP contribution in [0.2, 0.25) is 0 Å². The summed E-state index contributed by atoms with van der Waals surface area (Å²) in [5.41, 5.74) is 8.70. The first kappa shape index (κ1) is 28.8. The van der Waals surface area contributed by atoms with E-state index in [1.807, 2.05) is 37.3 Å². The van der Waals surface area contributed by atoms with Crippen molar-refractivity contribution in [3.05, 3.63) is 78.1 Å². The number of anilines is 3. The Morgan fingerprint density at radius 1 is 1.05 bits per heavy atom. The summed E-state index contributed by atoms with van der Waals surface area (Å²) in [6.07, 6.45) is 3.47. The van der Waals surface area contributed by atoms with Gasteiger partial charge in [-0.1, -0.05) is 24.3 Å². The number of morpholine rings is 1. The van der Waals surface area contributed by atoms with Crippen molar-refractivity contribution >= 4 is 29.0 Å². The van der Waals surface area contributed by atoms with Crippen LogP contribution < -0.4 is 21.1 Å². The Balaban J connectivity index is 1.39. The van der Waals surface area contributed by atoms with Gasteiger partial charge in [-0.3, -0.25) is 14.7 Å². The van der Waals surface area contributed by atoms with E-state index < -0.39 is 0 Å². The molecule has 2 aromatic carbocycles. The molecule has 0 radical (unpaired) electrons. The van der Waals surface area contributed by atoms with Crippen LogP contribution in [0.15, 0.2) is 66.9 Å². The number of nitrogens with two attached hydrogens (primary N) is 1. The van der Waals surface area contributed by atoms with Crippen molar-refractivity contribution in [1.82, 2.24) is 14.8 Å². The van der Waals surface area contributed by atoms with Crippen LogP contribution in [0, 0.1) is 0 Å². The maximum atomic E-state index is 13.3. The SMILES string of the molecule is CCOc1cccc(NC(=O)N(CCCCN2CCOCC2)Cc2ccc(C(=O)Nc3ccccc3N)nc2)c1. The van der Waals surface area contributed by atoms with Crippen LogP contribution in [-0.4, -0.2) is 72.7 Å². The molecule has 0 bridgehead atoms. The summed E-state index contributed by atoms with van der Waals surface area (Å²) in [5.74, 6) is 0.351. The molecule has 10 heteroatoms. The number of hydrogen-bond acceptors (Lipinski definition) is 7. The van der Waals surface area contributed by atoms with Gasteiger partial charge in [0.2, 0.25) is 0 Å². The number of urea groups is 1. The second-order valence-corrected chi connectivity index (χ2v) is 9.57. The number of unbranched alkanes of at least 4 members (excludes halogenated alkanes) is 1. The molecule has 0 spiro atoms. The van der Waals surface area contributed by atoms with E-state index in [9.17, 15) is 9.59 Å². The zero-order valence-corrected chi connectivity index (χ0v) is 23.0. The molecule has 2 heterocycles. The topological polar surface area (TPSA) is 122 Å². The third-order valence-electron chi connectivity index (χ3n) is 6.58. The van der Waals surface area contributed by atoms with Crippen molar-refractivity contribution in [3.63, 3.8) is 0 Å². The predicted octanol–water partition coefficient (Wildman–Crippen LogP) is 4.46. The molecule has 0 aliphatic carbocycles. The van der Waals surface area contributed by atoms with Gasteiger partial charge in [0.15, 0.2) is 0 Å². The largest absolute Gasteiger partial charge is 0.494 e. The minimum atomic E-state index is -0.351. The van der Waals surface area contributed by atoms with E-state index in [-0.39, 0.29) is 17.6 Å². The van der Waals surface area contributed by atoms with E-state index in [0.717, 1.165) is 51.3 Å². The molecule has 1 aromatic heterocycles. The number of ether oxygens (including phenoxy) is 2. The number of pyridine rings is 1. The standard InChI is InChI=1S/C30H38N6O4/c1-2-40-25-9-7-8-24(20-25)33-30(38)36(15-6-5-14-35-16-18-39-19-17-35)22-23-12-13-28(32-21-23)29(37)34-27-11-4-3-10-26(27)31/h3-4,7-13,20-21H,2,5-6,14-19,22,31H2,1H3,(H,33,38)(H,34,37). The minimum Gasteiger partial charge on any atom is -0.494 e. The Labute approximate surface area is 235 Å². The summed E-state index contributed by atoms with van der Waals surface area (Å²) >= 11 is 0. The van der Waals surface area contributed by atoms with Gasteiger partial charge in [0.05, 0.1) is 31.2 Å². The van der Waals surface area contributed by atoms with Crippen LogP contribution in [0.4, 0.5) is 21.9 Å². The number of nitrogen functional groups attached to an aromatic ring is 1. The molecule has 40 heavy (non-hydrogen) atoms. The van der Waals surface area contributed by atoms with Crippen molar-refractivity contribution in [1.29, 1.82) is 0 Å². The summed E-state index contributed by atoms with van der Waals surface area (Å²) in [7, 11) is 0. The summed E-state index contributed by atoms with van der Waals surface area (Å²) < 4.78 is 11.0. The quantitative estimate of drug-likeness (QED) is 0.226. The molecule has 4 rings (SSSR count). The number of carbonyl (C=O) groups is 2. The number of rotatable bonds is 12. The first-order valence-corrected chi connectivity index (χ1v) is 13.7. The number of para-hydroxylation sites is 2. The van der Waals surface area contributed by atoms with Crippen LogP contribution >= 0.6 is 0 Å². The highest BCUT2D eigenvalue weighted by Crippen LogP contribution is 2.19. The summed E-state index contributed by atoms with van der Waals surface area (Å²) in [4.78, 5) is 34.5. The molecular weight excluding hydrogens is 508 g/mol. The van der Waals surface area contributed by atoms with Crippen molar-refractivity contribution in [2.24, 2.45) is 0 Å². The maximum absolute atomic E-state index is 13.3. The van der Waals surface area contributed by atoms with E-state index in [1.54, 1.807) is 41.4 Å². The van der Waals surface area contributed by atoms with Gasteiger partial charge >= 0.3 is 6.03 Å². The van der Waals surface area contributed by atoms with Crippen LogP contribution in [0.3, 0.4) is 0 Å². The van der Waals surface area contributed by atoms with Crippen molar-refractivity contribution in [2.75, 3.05) is 62.4 Å². The molecule has 0 unspecified atom stereocenters. The molecule has 4 N–H and O–H groups in total. The maximum Gasteiger partial charge on any atom is 0.322 e. The van der Waals surface area contributed by atoms with Gasteiger partial charge in [-0.15, -0.1) is 0 Å².